The minimum absolute atomic E-state index is 0. The van der Waals surface area contributed by atoms with Gasteiger partial charge >= 0.3 is 5.97 Å². The average molecular weight is 448 g/mol. The molecule has 0 spiro atoms. The van der Waals surface area contributed by atoms with Crippen LogP contribution in [0.2, 0.25) is 5.02 Å². The number of aromatic carboxylic acids is 1. The Morgan fingerprint density at radius 2 is 1.67 bits per heavy atom. The molecule has 0 aliphatic rings. The van der Waals surface area contributed by atoms with Crippen molar-refractivity contribution in [3.8, 4) is 11.5 Å². The monoisotopic (exact) mass is 447 g/mol. The third kappa shape index (κ3) is 6.13. The number of methoxy groups -OCH3 is 1. The fourth-order valence-corrected chi connectivity index (χ4v) is 3.09. The van der Waals surface area contributed by atoms with Crippen molar-refractivity contribution in [2.24, 2.45) is 0 Å². The van der Waals surface area contributed by atoms with Gasteiger partial charge in [-0.15, -0.1) is 12.4 Å². The Hall–Kier alpha value is -2.73. The van der Waals surface area contributed by atoms with E-state index in [4.69, 9.17) is 26.2 Å². The molecule has 5 nitrogen and oxygen atoms in total. The van der Waals surface area contributed by atoms with Gasteiger partial charge in [-0.1, -0.05) is 54.1 Å². The number of ether oxygens (including phenoxy) is 2. The van der Waals surface area contributed by atoms with Gasteiger partial charge in [-0.3, -0.25) is 0 Å². The number of para-hydroxylation sites is 1. The standard InChI is InChI=1S/C23H22ClNO4.ClH/c1-28-21-8-4-6-18(22(21)29-15-19-5-2-3-7-20(19)24)14-25-13-16-9-11-17(12-10-16)23(26)27;/h2-12,25H,13-15H2,1H3,(H,26,27);1H. The lowest BCUT2D eigenvalue weighted by molar-refractivity contribution is 0.0697. The first-order chi connectivity index (χ1) is 14.1. The molecule has 0 saturated carbocycles. The van der Waals surface area contributed by atoms with E-state index in [2.05, 4.69) is 5.32 Å². The van der Waals surface area contributed by atoms with E-state index in [1.54, 1.807) is 31.4 Å². The van der Waals surface area contributed by atoms with E-state index in [-0.39, 0.29) is 18.0 Å². The summed E-state index contributed by atoms with van der Waals surface area (Å²) in [7, 11) is 1.61. The molecule has 0 fully saturated rings. The van der Waals surface area contributed by atoms with Crippen molar-refractivity contribution in [1.82, 2.24) is 5.32 Å². The van der Waals surface area contributed by atoms with E-state index < -0.39 is 5.97 Å². The summed E-state index contributed by atoms with van der Waals surface area (Å²) in [5.74, 6) is 0.395. The van der Waals surface area contributed by atoms with Gasteiger partial charge in [0, 0.05) is 29.2 Å². The molecule has 30 heavy (non-hydrogen) atoms. The van der Waals surface area contributed by atoms with Gasteiger partial charge < -0.3 is 19.9 Å². The van der Waals surface area contributed by atoms with Crippen molar-refractivity contribution in [3.63, 3.8) is 0 Å². The molecular weight excluding hydrogens is 425 g/mol. The number of carboxylic acid groups (broad SMARTS) is 1. The lowest BCUT2D eigenvalue weighted by Crippen LogP contribution is -2.14. The zero-order valence-electron chi connectivity index (χ0n) is 16.4. The van der Waals surface area contributed by atoms with Crippen LogP contribution in [0.3, 0.4) is 0 Å². The molecule has 0 unspecified atom stereocenters. The number of hydrogen-bond acceptors (Lipinski definition) is 4. The fraction of sp³-hybridized carbons (Fsp3) is 0.174. The molecule has 0 amide bonds. The van der Waals surface area contributed by atoms with Crippen molar-refractivity contribution < 1.29 is 19.4 Å². The number of carbonyl (C=O) groups is 1. The maximum atomic E-state index is 10.9. The highest BCUT2D eigenvalue weighted by atomic mass is 35.5. The third-order valence-corrected chi connectivity index (χ3v) is 4.82. The lowest BCUT2D eigenvalue weighted by atomic mass is 10.1. The first-order valence-electron chi connectivity index (χ1n) is 9.13. The highest BCUT2D eigenvalue weighted by Gasteiger charge is 2.12. The van der Waals surface area contributed by atoms with Crippen LogP contribution in [0.25, 0.3) is 0 Å². The SMILES string of the molecule is COc1cccc(CNCc2ccc(C(=O)O)cc2)c1OCc1ccccc1Cl.Cl. The average Bonchev–Trinajstić information content (AvgIpc) is 2.74. The van der Waals surface area contributed by atoms with E-state index >= 15 is 0 Å². The molecule has 0 aliphatic heterocycles. The Labute approximate surface area is 187 Å². The van der Waals surface area contributed by atoms with Gasteiger partial charge in [-0.25, -0.2) is 4.79 Å². The normalized spacial score (nSPS) is 10.2. The Kier molecular flexibility index (Phi) is 8.99. The van der Waals surface area contributed by atoms with Crippen molar-refractivity contribution >= 4 is 30.0 Å². The van der Waals surface area contributed by atoms with Crippen LogP contribution in [0.15, 0.2) is 66.7 Å². The van der Waals surface area contributed by atoms with Crippen LogP contribution in [-0.4, -0.2) is 18.2 Å². The lowest BCUT2D eigenvalue weighted by Gasteiger charge is -2.16. The van der Waals surface area contributed by atoms with Gasteiger partial charge in [0.05, 0.1) is 12.7 Å². The van der Waals surface area contributed by atoms with E-state index in [1.807, 2.05) is 42.5 Å². The second kappa shape index (κ2) is 11.5. The van der Waals surface area contributed by atoms with Gasteiger partial charge in [0.25, 0.3) is 0 Å². The highest BCUT2D eigenvalue weighted by molar-refractivity contribution is 6.31. The zero-order chi connectivity index (χ0) is 20.6. The number of hydrogen-bond donors (Lipinski definition) is 2. The van der Waals surface area contributed by atoms with Crippen LogP contribution >= 0.6 is 24.0 Å². The molecule has 158 valence electrons. The molecule has 0 aliphatic carbocycles. The molecule has 0 aromatic heterocycles. The van der Waals surface area contributed by atoms with Gasteiger partial charge in [0.2, 0.25) is 0 Å². The van der Waals surface area contributed by atoms with Crippen LogP contribution in [0.1, 0.15) is 27.0 Å². The maximum Gasteiger partial charge on any atom is 0.335 e. The predicted octanol–water partition coefficient (Wildman–Crippen LogP) is 5.34. The first-order valence-corrected chi connectivity index (χ1v) is 9.51. The number of rotatable bonds is 9. The molecule has 0 saturated heterocycles. The van der Waals surface area contributed by atoms with Crippen LogP contribution in [-0.2, 0) is 19.7 Å². The molecule has 7 heteroatoms. The number of halogens is 2. The van der Waals surface area contributed by atoms with E-state index in [9.17, 15) is 4.79 Å². The van der Waals surface area contributed by atoms with Crippen molar-refractivity contribution in [2.75, 3.05) is 7.11 Å². The molecule has 3 aromatic rings. The van der Waals surface area contributed by atoms with E-state index in [0.717, 1.165) is 16.7 Å². The van der Waals surface area contributed by atoms with E-state index in [1.165, 1.54) is 0 Å². The first kappa shape index (κ1) is 23.5. The largest absolute Gasteiger partial charge is 0.493 e. The molecule has 0 bridgehead atoms. The Morgan fingerprint density at radius 1 is 0.967 bits per heavy atom. The summed E-state index contributed by atoms with van der Waals surface area (Å²) < 4.78 is 11.5. The predicted molar refractivity (Wildman–Crippen MR) is 120 cm³/mol. The minimum Gasteiger partial charge on any atom is -0.493 e. The molecule has 0 atom stereocenters. The Bertz CT molecular complexity index is 977. The highest BCUT2D eigenvalue weighted by Crippen LogP contribution is 2.32. The smallest absolute Gasteiger partial charge is 0.335 e. The summed E-state index contributed by atoms with van der Waals surface area (Å²) in [5, 5.41) is 13.0. The Balaban J connectivity index is 0.00000320. The fourth-order valence-electron chi connectivity index (χ4n) is 2.90. The van der Waals surface area contributed by atoms with E-state index in [0.29, 0.717) is 36.2 Å². The second-order valence-electron chi connectivity index (χ2n) is 6.43. The number of carboxylic acids is 1. The van der Waals surface area contributed by atoms with Gasteiger partial charge in [0.15, 0.2) is 11.5 Å². The van der Waals surface area contributed by atoms with Crippen molar-refractivity contribution in [1.29, 1.82) is 0 Å². The quantitative estimate of drug-likeness (QED) is 0.463. The molecule has 0 heterocycles. The molecule has 3 aromatic carbocycles. The summed E-state index contributed by atoms with van der Waals surface area (Å²) >= 11 is 6.23. The summed E-state index contributed by atoms with van der Waals surface area (Å²) in [5.41, 5.74) is 3.13. The third-order valence-electron chi connectivity index (χ3n) is 4.46. The molecule has 0 radical (unpaired) electrons. The topological polar surface area (TPSA) is 67.8 Å². The molecular formula is C23H23Cl2NO4. The summed E-state index contributed by atoms with van der Waals surface area (Å²) in [6.45, 7) is 1.50. The second-order valence-corrected chi connectivity index (χ2v) is 6.84. The summed E-state index contributed by atoms with van der Waals surface area (Å²) in [4.78, 5) is 10.9. The Morgan fingerprint density at radius 3 is 2.33 bits per heavy atom. The molecule has 2 N–H and O–H groups in total. The van der Waals surface area contributed by atoms with Gasteiger partial charge in [-0.2, -0.15) is 0 Å². The van der Waals surface area contributed by atoms with Crippen LogP contribution in [0.4, 0.5) is 0 Å². The zero-order valence-corrected chi connectivity index (χ0v) is 18.0. The van der Waals surface area contributed by atoms with Gasteiger partial charge in [0.1, 0.15) is 6.61 Å². The van der Waals surface area contributed by atoms with Crippen LogP contribution < -0.4 is 14.8 Å². The van der Waals surface area contributed by atoms with Crippen LogP contribution in [0, 0.1) is 0 Å². The number of nitrogens with one attached hydrogen (secondary N) is 1. The summed E-state index contributed by atoms with van der Waals surface area (Å²) in [6.07, 6.45) is 0. The minimum atomic E-state index is -0.929. The van der Waals surface area contributed by atoms with Crippen LogP contribution in [0.5, 0.6) is 11.5 Å². The molecule has 3 rings (SSSR count). The summed E-state index contributed by atoms with van der Waals surface area (Å²) in [6, 6.07) is 20.1. The van der Waals surface area contributed by atoms with Crippen molar-refractivity contribution in [2.45, 2.75) is 19.7 Å². The maximum absolute atomic E-state index is 10.9. The van der Waals surface area contributed by atoms with Gasteiger partial charge in [-0.05, 0) is 29.8 Å². The van der Waals surface area contributed by atoms with Crippen molar-refractivity contribution in [3.05, 3.63) is 94.0 Å². The number of benzene rings is 3.